The number of hydrogen-bond acceptors (Lipinski definition) is 4. The van der Waals surface area contributed by atoms with E-state index >= 15 is 0 Å². The minimum atomic E-state index is 0.236. The molecule has 0 spiro atoms. The van der Waals surface area contributed by atoms with E-state index in [1.165, 1.54) is 0 Å². The molecule has 0 aromatic carbocycles. The third-order valence-corrected chi connectivity index (χ3v) is 0.838. The first-order chi connectivity index (χ1) is 4.36. The van der Waals surface area contributed by atoms with Gasteiger partial charge >= 0.3 is 0 Å². The Morgan fingerprint density at radius 2 is 2.56 bits per heavy atom. The van der Waals surface area contributed by atoms with Crippen molar-refractivity contribution in [3.8, 4) is 0 Å². The van der Waals surface area contributed by atoms with E-state index < -0.39 is 0 Å². The Morgan fingerprint density at radius 3 is 2.89 bits per heavy atom. The van der Waals surface area contributed by atoms with Crippen molar-refractivity contribution in [1.82, 2.24) is 15.2 Å². The van der Waals surface area contributed by atoms with Gasteiger partial charge in [-0.15, -0.1) is 5.10 Å². The van der Waals surface area contributed by atoms with Gasteiger partial charge in [-0.05, 0) is 0 Å². The molecule has 5 nitrogen and oxygen atoms in total. The summed E-state index contributed by atoms with van der Waals surface area (Å²) in [5.74, 6) is 0.663. The standard InChI is InChI=1S/C4H6N4O/c1-5-4-6-3(2-9)7-8-4/h2H,1H3,(H2,5,6,7,8). The summed E-state index contributed by atoms with van der Waals surface area (Å²) in [5.41, 5.74) is 0. The Labute approximate surface area is 51.5 Å². The van der Waals surface area contributed by atoms with E-state index in [-0.39, 0.29) is 5.82 Å². The van der Waals surface area contributed by atoms with Gasteiger partial charge in [-0.3, -0.25) is 9.89 Å². The van der Waals surface area contributed by atoms with Gasteiger partial charge in [-0.1, -0.05) is 0 Å². The summed E-state index contributed by atoms with van der Waals surface area (Å²) in [6.45, 7) is 0. The monoisotopic (exact) mass is 126 g/mol. The van der Waals surface area contributed by atoms with Crippen LogP contribution in [0, 0.1) is 0 Å². The maximum absolute atomic E-state index is 9.97. The normalized spacial score (nSPS) is 9.00. The average Bonchev–Trinajstić information content (AvgIpc) is 2.34. The summed E-state index contributed by atoms with van der Waals surface area (Å²) in [5, 5.41) is 8.71. The Hall–Kier alpha value is -1.39. The molecule has 0 aliphatic carbocycles. The molecule has 1 aromatic heterocycles. The molecule has 2 N–H and O–H groups in total. The maximum atomic E-state index is 9.97. The van der Waals surface area contributed by atoms with Gasteiger partial charge in [0.1, 0.15) is 0 Å². The van der Waals surface area contributed by atoms with Crippen LogP contribution in [0.3, 0.4) is 0 Å². The minimum absolute atomic E-state index is 0.236. The summed E-state index contributed by atoms with van der Waals surface area (Å²) < 4.78 is 0. The predicted octanol–water partition coefficient (Wildman–Crippen LogP) is -0.341. The number of H-pyrrole nitrogens is 1. The number of rotatable bonds is 2. The van der Waals surface area contributed by atoms with Crippen molar-refractivity contribution >= 4 is 12.2 Å². The van der Waals surface area contributed by atoms with Gasteiger partial charge in [0.2, 0.25) is 5.95 Å². The molecule has 0 fully saturated rings. The molecule has 0 aliphatic heterocycles. The highest BCUT2D eigenvalue weighted by atomic mass is 16.1. The molecular weight excluding hydrogens is 120 g/mol. The van der Waals surface area contributed by atoms with Crippen molar-refractivity contribution in [1.29, 1.82) is 0 Å². The highest BCUT2D eigenvalue weighted by Crippen LogP contribution is 1.92. The van der Waals surface area contributed by atoms with Crippen molar-refractivity contribution in [3.05, 3.63) is 5.82 Å². The van der Waals surface area contributed by atoms with Crippen LogP contribution in [0.25, 0.3) is 0 Å². The lowest BCUT2D eigenvalue weighted by Crippen LogP contribution is -1.89. The number of aromatic nitrogens is 3. The van der Waals surface area contributed by atoms with Crippen LogP contribution in [-0.4, -0.2) is 28.5 Å². The first-order valence-electron chi connectivity index (χ1n) is 2.42. The summed E-state index contributed by atoms with van der Waals surface area (Å²) in [6, 6.07) is 0. The van der Waals surface area contributed by atoms with E-state index in [1.54, 1.807) is 7.05 Å². The molecule has 0 radical (unpaired) electrons. The molecule has 9 heavy (non-hydrogen) atoms. The number of carbonyl (C=O) groups is 1. The zero-order valence-corrected chi connectivity index (χ0v) is 4.88. The van der Waals surface area contributed by atoms with Gasteiger partial charge in [0.25, 0.3) is 0 Å². The SMILES string of the molecule is CNc1n[nH]c(C=O)n1. The second kappa shape index (κ2) is 2.25. The number of aldehydes is 1. The molecule has 0 saturated heterocycles. The van der Waals surface area contributed by atoms with Crippen molar-refractivity contribution < 1.29 is 4.79 Å². The van der Waals surface area contributed by atoms with E-state index in [0.717, 1.165) is 0 Å². The third kappa shape index (κ3) is 1.04. The second-order valence-electron chi connectivity index (χ2n) is 1.41. The highest BCUT2D eigenvalue weighted by Gasteiger charge is 1.95. The summed E-state index contributed by atoms with van der Waals surface area (Å²) in [6.07, 6.45) is 0.605. The number of anilines is 1. The molecule has 0 atom stereocenters. The topological polar surface area (TPSA) is 70.7 Å². The van der Waals surface area contributed by atoms with E-state index in [4.69, 9.17) is 0 Å². The van der Waals surface area contributed by atoms with Gasteiger partial charge in [0, 0.05) is 7.05 Å². The van der Waals surface area contributed by atoms with Crippen LogP contribution in [0.5, 0.6) is 0 Å². The van der Waals surface area contributed by atoms with E-state index in [2.05, 4.69) is 20.5 Å². The van der Waals surface area contributed by atoms with Gasteiger partial charge in [-0.2, -0.15) is 4.98 Å². The molecule has 1 rings (SSSR count). The number of nitrogens with one attached hydrogen (secondary N) is 2. The Morgan fingerprint density at radius 1 is 1.78 bits per heavy atom. The zero-order chi connectivity index (χ0) is 6.69. The molecule has 0 aliphatic rings. The number of nitrogens with zero attached hydrogens (tertiary/aromatic N) is 2. The largest absolute Gasteiger partial charge is 0.356 e. The van der Waals surface area contributed by atoms with Crippen molar-refractivity contribution in [2.45, 2.75) is 0 Å². The molecule has 5 heteroatoms. The van der Waals surface area contributed by atoms with Crippen molar-refractivity contribution in [2.75, 3.05) is 12.4 Å². The Balaban J connectivity index is 2.86. The van der Waals surface area contributed by atoms with E-state index in [9.17, 15) is 4.79 Å². The fraction of sp³-hybridized carbons (Fsp3) is 0.250. The molecule has 0 bridgehead atoms. The van der Waals surface area contributed by atoms with E-state index in [1.807, 2.05) is 0 Å². The van der Waals surface area contributed by atoms with Crippen LogP contribution >= 0.6 is 0 Å². The maximum Gasteiger partial charge on any atom is 0.242 e. The molecule has 1 heterocycles. The number of carbonyl (C=O) groups excluding carboxylic acids is 1. The van der Waals surface area contributed by atoms with Crippen molar-refractivity contribution in [2.24, 2.45) is 0 Å². The van der Waals surface area contributed by atoms with Crippen LogP contribution < -0.4 is 5.32 Å². The summed E-state index contributed by atoms with van der Waals surface area (Å²) in [4.78, 5) is 13.7. The lowest BCUT2D eigenvalue weighted by Gasteiger charge is -1.82. The molecule has 0 saturated carbocycles. The lowest BCUT2D eigenvalue weighted by atomic mass is 10.7. The second-order valence-corrected chi connectivity index (χ2v) is 1.41. The Kier molecular flexibility index (Phi) is 1.44. The van der Waals surface area contributed by atoms with Gasteiger partial charge in [0.05, 0.1) is 0 Å². The van der Waals surface area contributed by atoms with E-state index in [0.29, 0.717) is 12.2 Å². The fourth-order valence-electron chi connectivity index (χ4n) is 0.439. The first kappa shape index (κ1) is 5.74. The smallest absolute Gasteiger partial charge is 0.242 e. The third-order valence-electron chi connectivity index (χ3n) is 0.838. The summed E-state index contributed by atoms with van der Waals surface area (Å²) in [7, 11) is 1.68. The van der Waals surface area contributed by atoms with Gasteiger partial charge < -0.3 is 5.32 Å². The van der Waals surface area contributed by atoms with Gasteiger partial charge in [0.15, 0.2) is 12.1 Å². The molecule has 48 valence electrons. The summed E-state index contributed by atoms with van der Waals surface area (Å²) >= 11 is 0. The van der Waals surface area contributed by atoms with Crippen LogP contribution in [0.4, 0.5) is 5.95 Å². The first-order valence-corrected chi connectivity index (χ1v) is 2.42. The number of hydrogen-bond donors (Lipinski definition) is 2. The molecule has 0 amide bonds. The Bertz CT molecular complexity index is 206. The van der Waals surface area contributed by atoms with Crippen LogP contribution in [0.1, 0.15) is 10.6 Å². The van der Waals surface area contributed by atoms with Crippen LogP contribution in [0.15, 0.2) is 0 Å². The fourth-order valence-corrected chi connectivity index (χ4v) is 0.439. The van der Waals surface area contributed by atoms with Gasteiger partial charge in [-0.25, -0.2) is 0 Å². The quantitative estimate of drug-likeness (QED) is 0.532. The molecule has 1 aromatic rings. The molecular formula is C4H6N4O. The molecule has 0 unspecified atom stereocenters. The predicted molar refractivity (Wildman–Crippen MR) is 31.3 cm³/mol. The zero-order valence-electron chi connectivity index (χ0n) is 4.88. The average molecular weight is 126 g/mol. The number of aromatic amines is 1. The highest BCUT2D eigenvalue weighted by molar-refractivity contribution is 5.69. The lowest BCUT2D eigenvalue weighted by molar-refractivity contribution is 0.111. The van der Waals surface area contributed by atoms with Crippen LogP contribution in [0.2, 0.25) is 0 Å². The van der Waals surface area contributed by atoms with Crippen LogP contribution in [-0.2, 0) is 0 Å². The minimum Gasteiger partial charge on any atom is -0.356 e. The van der Waals surface area contributed by atoms with Crippen molar-refractivity contribution in [3.63, 3.8) is 0 Å².